The van der Waals surface area contributed by atoms with Crippen LogP contribution < -0.4 is 0 Å². The van der Waals surface area contributed by atoms with E-state index in [9.17, 15) is 15.4 Å². The summed E-state index contributed by atoms with van der Waals surface area (Å²) in [5, 5.41) is 20.5. The van der Waals surface area contributed by atoms with Gasteiger partial charge in [0.25, 0.3) is 5.69 Å². The van der Waals surface area contributed by atoms with Crippen LogP contribution in [-0.2, 0) is 0 Å². The van der Waals surface area contributed by atoms with Crippen molar-refractivity contribution in [3.05, 3.63) is 93.3 Å². The molecule has 0 fully saturated rings. The molecule has 3 rings (SSSR count). The summed E-state index contributed by atoms with van der Waals surface area (Å²) in [7, 11) is 0. The van der Waals surface area contributed by atoms with Crippen molar-refractivity contribution < 1.29 is 4.92 Å². The topological polar surface area (TPSA) is 71.9 Å². The lowest BCUT2D eigenvalue weighted by Crippen LogP contribution is -1.98. The van der Waals surface area contributed by atoms with Gasteiger partial charge in [0.1, 0.15) is 0 Å². The van der Waals surface area contributed by atoms with E-state index in [1.54, 1.807) is 18.2 Å². The first-order valence-corrected chi connectivity index (χ1v) is 8.12. The van der Waals surface area contributed by atoms with E-state index in [0.717, 1.165) is 22.6 Å². The summed E-state index contributed by atoms with van der Waals surface area (Å²) < 4.78 is 2.12. The highest BCUT2D eigenvalue weighted by Crippen LogP contribution is 2.26. The SMILES string of the molecule is Cc1cc(/C=C(\C#N)c2cccc([N+](=O)[O-])c2)c(C)n1-c1ccccc1. The Balaban J connectivity index is 2.08. The summed E-state index contributed by atoms with van der Waals surface area (Å²) in [5.41, 5.74) is 4.92. The Morgan fingerprint density at radius 1 is 1.12 bits per heavy atom. The minimum atomic E-state index is -0.459. The first-order valence-electron chi connectivity index (χ1n) is 8.12. The maximum Gasteiger partial charge on any atom is 0.270 e. The number of nitro groups is 1. The Bertz CT molecular complexity index is 1040. The second-order valence-electron chi connectivity index (χ2n) is 5.97. The lowest BCUT2D eigenvalue weighted by molar-refractivity contribution is -0.384. The second kappa shape index (κ2) is 7.08. The van der Waals surface area contributed by atoms with Crippen LogP contribution in [0, 0.1) is 35.3 Å². The van der Waals surface area contributed by atoms with E-state index in [1.807, 2.05) is 50.2 Å². The molecule has 0 atom stereocenters. The van der Waals surface area contributed by atoms with Crippen molar-refractivity contribution in [3.63, 3.8) is 0 Å². The standard InChI is InChI=1S/C21H17N3O2/c1-15-11-18(16(2)23(15)20-8-4-3-5-9-20)12-19(14-22)17-7-6-10-21(13-17)24(25)26/h3-13H,1-2H3/b19-12+. The zero-order valence-electron chi connectivity index (χ0n) is 14.5. The largest absolute Gasteiger partial charge is 0.318 e. The zero-order chi connectivity index (χ0) is 18.7. The Kier molecular flexibility index (Phi) is 4.68. The molecule has 5 nitrogen and oxygen atoms in total. The van der Waals surface area contributed by atoms with Crippen molar-refractivity contribution >= 4 is 17.3 Å². The molecule has 0 bridgehead atoms. The number of hydrogen-bond donors (Lipinski definition) is 0. The van der Waals surface area contributed by atoms with Gasteiger partial charge in [-0.3, -0.25) is 10.1 Å². The Morgan fingerprint density at radius 2 is 1.85 bits per heavy atom. The highest BCUT2D eigenvalue weighted by molar-refractivity contribution is 5.90. The van der Waals surface area contributed by atoms with E-state index in [2.05, 4.69) is 10.6 Å². The van der Waals surface area contributed by atoms with Crippen LogP contribution in [-0.4, -0.2) is 9.49 Å². The van der Waals surface area contributed by atoms with Crippen molar-refractivity contribution in [2.24, 2.45) is 0 Å². The first kappa shape index (κ1) is 17.2. The number of benzene rings is 2. The third kappa shape index (κ3) is 3.26. The van der Waals surface area contributed by atoms with Crippen LogP contribution in [0.5, 0.6) is 0 Å². The van der Waals surface area contributed by atoms with Gasteiger partial charge in [0, 0.05) is 29.2 Å². The van der Waals surface area contributed by atoms with Crippen molar-refractivity contribution in [1.82, 2.24) is 4.57 Å². The van der Waals surface area contributed by atoms with E-state index in [1.165, 1.54) is 12.1 Å². The molecule has 0 amide bonds. The van der Waals surface area contributed by atoms with Crippen LogP contribution in [0.25, 0.3) is 17.3 Å². The molecule has 0 aliphatic rings. The van der Waals surface area contributed by atoms with Crippen molar-refractivity contribution in [2.75, 3.05) is 0 Å². The highest BCUT2D eigenvalue weighted by atomic mass is 16.6. The molecule has 0 aliphatic heterocycles. The van der Waals surface area contributed by atoms with Gasteiger partial charge in [-0.15, -0.1) is 0 Å². The number of nitriles is 1. The summed E-state index contributed by atoms with van der Waals surface area (Å²) in [6, 6.07) is 20.3. The Hall–Kier alpha value is -3.65. The lowest BCUT2D eigenvalue weighted by atomic mass is 10.0. The van der Waals surface area contributed by atoms with Gasteiger partial charge < -0.3 is 4.57 Å². The molecule has 128 valence electrons. The quantitative estimate of drug-likeness (QED) is 0.377. The van der Waals surface area contributed by atoms with Gasteiger partial charge >= 0.3 is 0 Å². The molecule has 26 heavy (non-hydrogen) atoms. The number of allylic oxidation sites excluding steroid dienone is 1. The average molecular weight is 343 g/mol. The van der Waals surface area contributed by atoms with Crippen LogP contribution in [0.3, 0.4) is 0 Å². The minimum absolute atomic E-state index is 0.0293. The maximum absolute atomic E-state index is 11.0. The minimum Gasteiger partial charge on any atom is -0.318 e. The normalized spacial score (nSPS) is 11.2. The molecule has 0 radical (unpaired) electrons. The van der Waals surface area contributed by atoms with Crippen LogP contribution in [0.1, 0.15) is 22.5 Å². The Labute approximate surface area is 151 Å². The number of nitrogens with zero attached hydrogens (tertiary/aromatic N) is 3. The van der Waals surface area contributed by atoms with Gasteiger partial charge in [0.2, 0.25) is 0 Å². The molecule has 0 spiro atoms. The Morgan fingerprint density at radius 3 is 2.50 bits per heavy atom. The van der Waals surface area contributed by atoms with Gasteiger partial charge in [0.15, 0.2) is 0 Å². The van der Waals surface area contributed by atoms with Crippen LogP contribution >= 0.6 is 0 Å². The third-order valence-electron chi connectivity index (χ3n) is 4.27. The summed E-state index contributed by atoms with van der Waals surface area (Å²) in [5.74, 6) is 0. The van der Waals surface area contributed by atoms with E-state index in [4.69, 9.17) is 0 Å². The first-order chi connectivity index (χ1) is 12.5. The fraction of sp³-hybridized carbons (Fsp3) is 0.0952. The summed E-state index contributed by atoms with van der Waals surface area (Å²) in [6.45, 7) is 4.00. The van der Waals surface area contributed by atoms with Crippen molar-refractivity contribution in [2.45, 2.75) is 13.8 Å². The molecule has 2 aromatic carbocycles. The van der Waals surface area contributed by atoms with Crippen LogP contribution in [0.2, 0.25) is 0 Å². The number of aromatic nitrogens is 1. The van der Waals surface area contributed by atoms with Gasteiger partial charge in [-0.1, -0.05) is 30.3 Å². The summed E-state index contributed by atoms with van der Waals surface area (Å²) in [6.07, 6.45) is 1.78. The molecular weight excluding hydrogens is 326 g/mol. The van der Waals surface area contributed by atoms with E-state index < -0.39 is 4.92 Å². The van der Waals surface area contributed by atoms with Gasteiger partial charge in [-0.25, -0.2) is 0 Å². The highest BCUT2D eigenvalue weighted by Gasteiger charge is 2.12. The van der Waals surface area contributed by atoms with E-state index in [-0.39, 0.29) is 5.69 Å². The number of rotatable bonds is 4. The third-order valence-corrected chi connectivity index (χ3v) is 4.27. The van der Waals surface area contributed by atoms with Gasteiger partial charge in [0.05, 0.1) is 16.6 Å². The number of non-ortho nitro benzene ring substituents is 1. The molecule has 0 saturated carbocycles. The molecule has 3 aromatic rings. The fourth-order valence-corrected chi connectivity index (χ4v) is 3.03. The van der Waals surface area contributed by atoms with Gasteiger partial charge in [-0.2, -0.15) is 5.26 Å². The van der Waals surface area contributed by atoms with Crippen LogP contribution in [0.4, 0.5) is 5.69 Å². The van der Waals surface area contributed by atoms with E-state index in [0.29, 0.717) is 11.1 Å². The predicted molar refractivity (Wildman–Crippen MR) is 102 cm³/mol. The van der Waals surface area contributed by atoms with E-state index >= 15 is 0 Å². The molecule has 0 saturated heterocycles. The number of para-hydroxylation sites is 1. The number of hydrogen-bond acceptors (Lipinski definition) is 3. The predicted octanol–water partition coefficient (Wildman–Crippen LogP) is 5.07. The smallest absolute Gasteiger partial charge is 0.270 e. The molecule has 5 heteroatoms. The molecule has 0 unspecified atom stereocenters. The maximum atomic E-state index is 11.0. The van der Waals surface area contributed by atoms with Gasteiger partial charge in [-0.05, 0) is 49.2 Å². The molecular formula is C21H17N3O2. The molecule has 1 aromatic heterocycles. The molecule has 0 N–H and O–H groups in total. The monoisotopic (exact) mass is 343 g/mol. The zero-order valence-corrected chi connectivity index (χ0v) is 14.5. The second-order valence-corrected chi connectivity index (χ2v) is 5.97. The number of aryl methyl sites for hydroxylation is 1. The van der Waals surface area contributed by atoms with Crippen LogP contribution in [0.15, 0.2) is 60.7 Å². The van der Waals surface area contributed by atoms with Crippen molar-refractivity contribution in [3.8, 4) is 11.8 Å². The molecule has 0 aliphatic carbocycles. The number of nitro benzene ring substituents is 1. The van der Waals surface area contributed by atoms with Crippen molar-refractivity contribution in [1.29, 1.82) is 5.26 Å². The average Bonchev–Trinajstić information content (AvgIpc) is 2.93. The summed E-state index contributed by atoms with van der Waals surface area (Å²) >= 11 is 0. The summed E-state index contributed by atoms with van der Waals surface area (Å²) in [4.78, 5) is 10.5. The molecule has 1 heterocycles. The lowest BCUT2D eigenvalue weighted by Gasteiger charge is -2.09. The fourth-order valence-electron chi connectivity index (χ4n) is 3.03.